The van der Waals surface area contributed by atoms with E-state index in [0.29, 0.717) is 0 Å². The minimum Gasteiger partial charge on any atom is -0.292 e. The van der Waals surface area contributed by atoms with Crippen molar-refractivity contribution in [3.8, 4) is 0 Å². The molecule has 2 heterocycles. The van der Waals surface area contributed by atoms with Crippen LogP contribution in [-0.2, 0) is 0 Å². The summed E-state index contributed by atoms with van der Waals surface area (Å²) in [5, 5.41) is 0. The predicted octanol–water partition coefficient (Wildman–Crippen LogP) is 0.715. The van der Waals surface area contributed by atoms with Crippen molar-refractivity contribution in [2.75, 3.05) is 0 Å². The molecule has 1 aromatic heterocycles. The smallest absolute Gasteiger partial charge is 0.239 e. The third-order valence-electron chi connectivity index (χ3n) is 1.42. The third-order valence-corrected chi connectivity index (χ3v) is 1.42. The zero-order valence-electron chi connectivity index (χ0n) is 7.00. The summed E-state index contributed by atoms with van der Waals surface area (Å²) < 4.78 is 15.3. The lowest BCUT2D eigenvalue weighted by Gasteiger charge is -1.87. The average molecular weight is 137 g/mol. The number of Topliss-reactive ketones (excluding diaryl/α,β-unsaturated/α-hetero) is 1. The second-order valence-corrected chi connectivity index (χ2v) is 2.02. The third kappa shape index (κ3) is 0.492. The molecule has 0 bridgehead atoms. The molecule has 0 unspecified atom stereocenters. The van der Waals surface area contributed by atoms with Crippen molar-refractivity contribution < 1.29 is 12.3 Å². The first kappa shape index (κ1) is 3.71. The normalized spacial score (nSPS) is 24.0. The van der Waals surface area contributed by atoms with Crippen molar-refractivity contribution in [1.82, 2.24) is 4.57 Å². The standard InChI is InChI=1S/C7H5NO2/c9-6-4-7(10)8-3-1-2-5(6)8/h1-3H,4H2/i4D2. The average Bonchev–Trinajstić information content (AvgIpc) is 2.53. The highest BCUT2D eigenvalue weighted by Crippen LogP contribution is 2.13. The number of ketones is 1. The Bertz CT molecular complexity index is 348. The van der Waals surface area contributed by atoms with Gasteiger partial charge in [-0.05, 0) is 12.1 Å². The monoisotopic (exact) mass is 137 g/mol. The molecular formula is C7H5NO2. The molecule has 0 spiro atoms. The maximum Gasteiger partial charge on any atom is 0.239 e. The zero-order valence-corrected chi connectivity index (χ0v) is 5.00. The highest BCUT2D eigenvalue weighted by molar-refractivity contribution is 6.14. The Labute approximate surface area is 60.1 Å². The minimum atomic E-state index is -2.36. The number of nitrogens with zero attached hydrogens (tertiary/aromatic N) is 1. The Hall–Kier alpha value is -1.38. The van der Waals surface area contributed by atoms with Gasteiger partial charge in [0.1, 0.15) is 0 Å². The number of fused-ring (bicyclic) bond motifs is 1. The SMILES string of the molecule is [2H]C1([2H])C(=O)c2cccn2C1=O. The van der Waals surface area contributed by atoms with E-state index in [1.165, 1.54) is 12.3 Å². The van der Waals surface area contributed by atoms with Crippen LogP contribution in [0.1, 0.15) is 24.4 Å². The first-order valence-corrected chi connectivity index (χ1v) is 2.82. The van der Waals surface area contributed by atoms with Gasteiger partial charge in [-0.1, -0.05) is 0 Å². The summed E-state index contributed by atoms with van der Waals surface area (Å²) in [6.45, 7) is 0. The molecule has 1 aromatic rings. The van der Waals surface area contributed by atoms with Crippen LogP contribution in [0.2, 0.25) is 0 Å². The van der Waals surface area contributed by atoms with E-state index in [1.54, 1.807) is 6.07 Å². The summed E-state index contributed by atoms with van der Waals surface area (Å²) in [5.74, 6) is -1.55. The van der Waals surface area contributed by atoms with Crippen LogP contribution < -0.4 is 0 Å². The lowest BCUT2D eigenvalue weighted by molar-refractivity contribution is 0.0890. The van der Waals surface area contributed by atoms with Gasteiger partial charge in [-0.25, -0.2) is 0 Å². The fourth-order valence-corrected chi connectivity index (χ4v) is 0.964. The van der Waals surface area contributed by atoms with Gasteiger partial charge < -0.3 is 0 Å². The van der Waals surface area contributed by atoms with Crippen LogP contribution in [0.4, 0.5) is 0 Å². The maximum absolute atomic E-state index is 11.2. The van der Waals surface area contributed by atoms with Crippen molar-refractivity contribution >= 4 is 11.7 Å². The quantitative estimate of drug-likeness (QED) is 0.494. The van der Waals surface area contributed by atoms with E-state index >= 15 is 0 Å². The molecule has 0 aromatic carbocycles. The Morgan fingerprint density at radius 1 is 1.60 bits per heavy atom. The van der Waals surface area contributed by atoms with Crippen molar-refractivity contribution in [3.05, 3.63) is 24.0 Å². The molecule has 2 rings (SSSR count). The number of carbonyl (C=O) groups excluding carboxylic acids is 2. The zero-order chi connectivity index (χ0) is 8.93. The maximum atomic E-state index is 11.2. The van der Waals surface area contributed by atoms with Gasteiger partial charge in [0.2, 0.25) is 5.91 Å². The van der Waals surface area contributed by atoms with Crippen LogP contribution in [0.15, 0.2) is 18.3 Å². The van der Waals surface area contributed by atoms with Crippen LogP contribution in [-0.4, -0.2) is 16.3 Å². The van der Waals surface area contributed by atoms with E-state index in [-0.39, 0.29) is 5.69 Å². The van der Waals surface area contributed by atoms with Gasteiger partial charge in [-0.2, -0.15) is 0 Å². The molecule has 0 amide bonds. The van der Waals surface area contributed by atoms with E-state index in [2.05, 4.69) is 0 Å². The lowest BCUT2D eigenvalue weighted by atomic mass is 10.3. The number of carbonyl (C=O) groups is 2. The largest absolute Gasteiger partial charge is 0.292 e. The van der Waals surface area contributed by atoms with Crippen molar-refractivity contribution in [3.63, 3.8) is 0 Å². The highest BCUT2D eigenvalue weighted by Gasteiger charge is 2.25. The highest BCUT2D eigenvalue weighted by atomic mass is 16.2. The van der Waals surface area contributed by atoms with Gasteiger partial charge in [-0.15, -0.1) is 0 Å². The fourth-order valence-electron chi connectivity index (χ4n) is 0.964. The summed E-state index contributed by atoms with van der Waals surface area (Å²) in [6, 6.07) is 2.98. The molecule has 0 radical (unpaired) electrons. The summed E-state index contributed by atoms with van der Waals surface area (Å²) in [7, 11) is 0. The number of hydrogen-bond acceptors (Lipinski definition) is 2. The van der Waals surface area contributed by atoms with E-state index in [9.17, 15) is 9.59 Å². The number of hydrogen-bond donors (Lipinski definition) is 0. The summed E-state index contributed by atoms with van der Waals surface area (Å²) >= 11 is 0. The molecule has 0 saturated carbocycles. The first-order valence-electron chi connectivity index (χ1n) is 3.82. The molecule has 3 heteroatoms. The van der Waals surface area contributed by atoms with Crippen molar-refractivity contribution in [1.29, 1.82) is 0 Å². The van der Waals surface area contributed by atoms with Crippen LogP contribution in [0.3, 0.4) is 0 Å². The minimum absolute atomic E-state index is 0.130. The molecule has 1 aliphatic heterocycles. The molecule has 0 saturated heterocycles. The van der Waals surface area contributed by atoms with E-state index in [1.807, 2.05) is 0 Å². The Balaban J connectivity index is 2.69. The van der Waals surface area contributed by atoms with Crippen LogP contribution in [0.25, 0.3) is 0 Å². The summed E-state index contributed by atoms with van der Waals surface area (Å²) in [6.07, 6.45) is -0.975. The molecule has 0 fully saturated rings. The molecule has 0 N–H and O–H groups in total. The number of aromatic nitrogens is 1. The fraction of sp³-hybridized carbons (Fsp3) is 0.143. The van der Waals surface area contributed by atoms with Crippen molar-refractivity contribution in [2.24, 2.45) is 0 Å². The van der Waals surface area contributed by atoms with Crippen LogP contribution >= 0.6 is 0 Å². The van der Waals surface area contributed by atoms with Crippen LogP contribution in [0.5, 0.6) is 0 Å². The van der Waals surface area contributed by atoms with E-state index in [0.717, 1.165) is 4.57 Å². The molecule has 0 atom stereocenters. The Kier molecular flexibility index (Phi) is 0.579. The van der Waals surface area contributed by atoms with Crippen LogP contribution in [0, 0.1) is 0 Å². The van der Waals surface area contributed by atoms with Gasteiger partial charge in [0.05, 0.1) is 12.1 Å². The second-order valence-electron chi connectivity index (χ2n) is 2.02. The summed E-state index contributed by atoms with van der Waals surface area (Å²) in [4.78, 5) is 22.3. The molecule has 10 heavy (non-hydrogen) atoms. The van der Waals surface area contributed by atoms with Gasteiger partial charge >= 0.3 is 0 Å². The topological polar surface area (TPSA) is 39.1 Å². The second kappa shape index (κ2) is 1.56. The first-order chi connectivity index (χ1) is 5.55. The molecule has 50 valence electrons. The lowest BCUT2D eigenvalue weighted by Crippen LogP contribution is -2.00. The van der Waals surface area contributed by atoms with E-state index < -0.39 is 18.1 Å². The van der Waals surface area contributed by atoms with Gasteiger partial charge in [-0.3, -0.25) is 14.2 Å². The molecule has 1 aliphatic rings. The van der Waals surface area contributed by atoms with E-state index in [4.69, 9.17) is 2.74 Å². The summed E-state index contributed by atoms with van der Waals surface area (Å²) in [5.41, 5.74) is 0.130. The predicted molar refractivity (Wildman–Crippen MR) is 34.0 cm³/mol. The van der Waals surface area contributed by atoms with Crippen molar-refractivity contribution in [2.45, 2.75) is 6.37 Å². The van der Waals surface area contributed by atoms with Gasteiger partial charge in [0.15, 0.2) is 5.78 Å². The molecular weight excluding hydrogens is 130 g/mol. The molecule has 3 nitrogen and oxygen atoms in total. The number of rotatable bonds is 0. The van der Waals surface area contributed by atoms with Gasteiger partial charge in [0, 0.05) is 8.94 Å². The molecule has 0 aliphatic carbocycles. The Morgan fingerprint density at radius 2 is 2.40 bits per heavy atom. The van der Waals surface area contributed by atoms with Gasteiger partial charge in [0.25, 0.3) is 0 Å². The Morgan fingerprint density at radius 3 is 3.10 bits per heavy atom.